The summed E-state index contributed by atoms with van der Waals surface area (Å²) in [7, 11) is 3.89. The molecule has 0 unspecified atom stereocenters. The van der Waals surface area contributed by atoms with Crippen LogP contribution in [0.3, 0.4) is 0 Å². The summed E-state index contributed by atoms with van der Waals surface area (Å²) in [6.07, 6.45) is 5.48. The molecule has 3 aromatic heterocycles. The van der Waals surface area contributed by atoms with Crippen LogP contribution >= 0.6 is 0 Å². The Kier molecular flexibility index (Phi) is 2.70. The molecule has 0 atom stereocenters. The number of imidazole rings is 1. The number of nitrogens with one attached hydrogen (secondary N) is 1. The summed E-state index contributed by atoms with van der Waals surface area (Å²) in [5, 5.41) is 8.80. The summed E-state index contributed by atoms with van der Waals surface area (Å²) < 4.78 is 3.80. The lowest BCUT2D eigenvalue weighted by molar-refractivity contribution is 0.774. The van der Waals surface area contributed by atoms with E-state index in [0.717, 1.165) is 34.7 Å². The average Bonchev–Trinajstić information content (AvgIpc) is 2.92. The highest BCUT2D eigenvalue weighted by Crippen LogP contribution is 2.19. The standard InChI is InChI=1S/C13H16N6/c1-9-12-4-10(5-16-13(12)19(3)17-9)15-7-11-6-14-8-18(11)2/h4-6,8,15H,7H2,1-3H3. The third-order valence-corrected chi connectivity index (χ3v) is 3.25. The first-order valence-corrected chi connectivity index (χ1v) is 6.13. The minimum Gasteiger partial charge on any atom is -0.378 e. The van der Waals surface area contributed by atoms with Gasteiger partial charge in [-0.05, 0) is 13.0 Å². The van der Waals surface area contributed by atoms with Gasteiger partial charge >= 0.3 is 0 Å². The van der Waals surface area contributed by atoms with Gasteiger partial charge in [0.05, 0.1) is 36.1 Å². The predicted octanol–water partition coefficient (Wildman–Crippen LogP) is 1.62. The van der Waals surface area contributed by atoms with Gasteiger partial charge in [-0.1, -0.05) is 0 Å². The lowest BCUT2D eigenvalue weighted by Crippen LogP contribution is -2.04. The second-order valence-corrected chi connectivity index (χ2v) is 4.65. The van der Waals surface area contributed by atoms with Gasteiger partial charge < -0.3 is 9.88 Å². The predicted molar refractivity (Wildman–Crippen MR) is 73.8 cm³/mol. The van der Waals surface area contributed by atoms with Crippen LogP contribution in [-0.2, 0) is 20.6 Å². The number of pyridine rings is 1. The van der Waals surface area contributed by atoms with Crippen LogP contribution in [0.15, 0.2) is 24.8 Å². The van der Waals surface area contributed by atoms with Crippen molar-refractivity contribution < 1.29 is 0 Å². The van der Waals surface area contributed by atoms with Gasteiger partial charge in [-0.3, -0.25) is 4.68 Å². The number of aryl methyl sites for hydroxylation is 3. The Balaban J connectivity index is 1.86. The molecule has 0 fully saturated rings. The Labute approximate surface area is 111 Å². The Morgan fingerprint density at radius 2 is 2.11 bits per heavy atom. The summed E-state index contributed by atoms with van der Waals surface area (Å²) >= 11 is 0. The molecule has 0 saturated heterocycles. The van der Waals surface area contributed by atoms with Crippen molar-refractivity contribution in [1.82, 2.24) is 24.3 Å². The van der Waals surface area contributed by atoms with Gasteiger partial charge in [0.15, 0.2) is 5.65 Å². The van der Waals surface area contributed by atoms with Crippen LogP contribution in [0, 0.1) is 6.92 Å². The molecule has 98 valence electrons. The number of fused-ring (bicyclic) bond motifs is 1. The first-order chi connectivity index (χ1) is 9.15. The molecule has 0 spiro atoms. The zero-order valence-corrected chi connectivity index (χ0v) is 11.3. The zero-order chi connectivity index (χ0) is 13.4. The monoisotopic (exact) mass is 256 g/mol. The van der Waals surface area contributed by atoms with E-state index in [0.29, 0.717) is 0 Å². The molecular weight excluding hydrogens is 240 g/mol. The molecule has 0 aliphatic carbocycles. The van der Waals surface area contributed by atoms with E-state index in [-0.39, 0.29) is 0 Å². The second-order valence-electron chi connectivity index (χ2n) is 4.65. The van der Waals surface area contributed by atoms with Gasteiger partial charge in [-0.25, -0.2) is 9.97 Å². The maximum absolute atomic E-state index is 4.44. The van der Waals surface area contributed by atoms with Gasteiger partial charge in [0.1, 0.15) is 0 Å². The Morgan fingerprint density at radius 1 is 1.26 bits per heavy atom. The molecule has 0 radical (unpaired) electrons. The molecule has 0 amide bonds. The highest BCUT2D eigenvalue weighted by atomic mass is 15.3. The summed E-state index contributed by atoms with van der Waals surface area (Å²) in [4.78, 5) is 8.53. The molecule has 3 rings (SSSR count). The maximum atomic E-state index is 4.44. The lowest BCUT2D eigenvalue weighted by atomic mass is 10.2. The van der Waals surface area contributed by atoms with Crippen LogP contribution in [0.5, 0.6) is 0 Å². The van der Waals surface area contributed by atoms with Crippen LogP contribution in [0.2, 0.25) is 0 Å². The van der Waals surface area contributed by atoms with Crippen molar-refractivity contribution in [3.8, 4) is 0 Å². The third-order valence-electron chi connectivity index (χ3n) is 3.25. The summed E-state index contributed by atoms with van der Waals surface area (Å²) in [6, 6.07) is 2.08. The minimum atomic E-state index is 0.725. The topological polar surface area (TPSA) is 60.6 Å². The maximum Gasteiger partial charge on any atom is 0.157 e. The normalized spacial score (nSPS) is 11.1. The average molecular weight is 256 g/mol. The molecule has 0 aliphatic heterocycles. The number of hydrogen-bond donors (Lipinski definition) is 1. The Hall–Kier alpha value is -2.37. The number of aromatic nitrogens is 5. The van der Waals surface area contributed by atoms with E-state index < -0.39 is 0 Å². The lowest BCUT2D eigenvalue weighted by Gasteiger charge is -2.06. The molecule has 3 heterocycles. The van der Waals surface area contributed by atoms with Gasteiger partial charge in [0.25, 0.3) is 0 Å². The zero-order valence-electron chi connectivity index (χ0n) is 11.3. The summed E-state index contributed by atoms with van der Waals surface area (Å²) in [5.74, 6) is 0. The van der Waals surface area contributed by atoms with E-state index in [9.17, 15) is 0 Å². The van der Waals surface area contributed by atoms with E-state index in [1.807, 2.05) is 38.0 Å². The minimum absolute atomic E-state index is 0.725. The Morgan fingerprint density at radius 3 is 2.84 bits per heavy atom. The number of nitrogens with zero attached hydrogens (tertiary/aromatic N) is 5. The molecule has 3 aromatic rings. The van der Waals surface area contributed by atoms with Crippen LogP contribution < -0.4 is 5.32 Å². The van der Waals surface area contributed by atoms with Crippen LogP contribution in [0.1, 0.15) is 11.4 Å². The summed E-state index contributed by atoms with van der Waals surface area (Å²) in [6.45, 7) is 2.72. The molecule has 19 heavy (non-hydrogen) atoms. The molecule has 0 bridgehead atoms. The van der Waals surface area contributed by atoms with Crippen LogP contribution in [0.25, 0.3) is 11.0 Å². The van der Waals surface area contributed by atoms with Crippen LogP contribution in [0.4, 0.5) is 5.69 Å². The fourth-order valence-corrected chi connectivity index (χ4v) is 2.15. The number of rotatable bonds is 3. The molecular formula is C13H16N6. The second kappa shape index (κ2) is 4.38. The van der Waals surface area contributed by atoms with Crippen molar-refractivity contribution in [2.24, 2.45) is 14.1 Å². The van der Waals surface area contributed by atoms with Gasteiger partial charge in [0.2, 0.25) is 0 Å². The largest absolute Gasteiger partial charge is 0.378 e. The molecule has 0 saturated carbocycles. The van der Waals surface area contributed by atoms with E-state index in [4.69, 9.17) is 0 Å². The van der Waals surface area contributed by atoms with E-state index in [1.165, 1.54) is 0 Å². The number of anilines is 1. The highest BCUT2D eigenvalue weighted by Gasteiger charge is 2.07. The molecule has 0 aliphatic rings. The highest BCUT2D eigenvalue weighted by molar-refractivity contribution is 5.81. The van der Waals surface area contributed by atoms with Crippen molar-refractivity contribution in [2.45, 2.75) is 13.5 Å². The fourth-order valence-electron chi connectivity index (χ4n) is 2.15. The van der Waals surface area contributed by atoms with Crippen molar-refractivity contribution >= 4 is 16.7 Å². The third kappa shape index (κ3) is 2.05. The van der Waals surface area contributed by atoms with Gasteiger partial charge in [0, 0.05) is 25.7 Å². The first-order valence-electron chi connectivity index (χ1n) is 6.13. The van der Waals surface area contributed by atoms with Crippen LogP contribution in [-0.4, -0.2) is 24.3 Å². The van der Waals surface area contributed by atoms with E-state index in [2.05, 4.69) is 26.4 Å². The van der Waals surface area contributed by atoms with Gasteiger partial charge in [-0.15, -0.1) is 0 Å². The van der Waals surface area contributed by atoms with Crippen molar-refractivity contribution in [1.29, 1.82) is 0 Å². The SMILES string of the molecule is Cc1nn(C)c2ncc(NCc3cncn3C)cc12. The van der Waals surface area contributed by atoms with E-state index >= 15 is 0 Å². The molecule has 1 N–H and O–H groups in total. The van der Waals surface area contributed by atoms with Crippen molar-refractivity contribution in [3.63, 3.8) is 0 Å². The van der Waals surface area contributed by atoms with Crippen molar-refractivity contribution in [2.75, 3.05) is 5.32 Å². The number of hydrogen-bond acceptors (Lipinski definition) is 4. The smallest absolute Gasteiger partial charge is 0.157 e. The Bertz CT molecular complexity index is 724. The first kappa shape index (κ1) is 11.7. The summed E-state index contributed by atoms with van der Waals surface area (Å²) in [5.41, 5.74) is 4.02. The fraction of sp³-hybridized carbons (Fsp3) is 0.308. The van der Waals surface area contributed by atoms with Gasteiger partial charge in [-0.2, -0.15) is 5.10 Å². The molecule has 6 nitrogen and oxygen atoms in total. The molecule has 6 heteroatoms. The molecule has 0 aromatic carbocycles. The van der Waals surface area contributed by atoms with E-state index in [1.54, 1.807) is 11.0 Å². The van der Waals surface area contributed by atoms with Crippen molar-refractivity contribution in [3.05, 3.63) is 36.2 Å². The quantitative estimate of drug-likeness (QED) is 0.773.